The summed E-state index contributed by atoms with van der Waals surface area (Å²) >= 11 is 0. The first-order chi connectivity index (χ1) is 15.4. The molecule has 0 radical (unpaired) electrons. The minimum Gasteiger partial charge on any atom is -0.395 e. The SMILES string of the molecule is CCCCCCCCCCCCCCCOP(=O)(O)O.CCCCN(CCO)CCCC. The molecule has 0 fully saturated rings. The van der Waals surface area contributed by atoms with Crippen molar-refractivity contribution in [2.24, 2.45) is 0 Å². The van der Waals surface area contributed by atoms with Crippen molar-refractivity contribution in [1.29, 1.82) is 0 Å². The van der Waals surface area contributed by atoms with E-state index < -0.39 is 7.82 Å². The summed E-state index contributed by atoms with van der Waals surface area (Å²) in [6.07, 6.45) is 21.3. The van der Waals surface area contributed by atoms with Gasteiger partial charge in [0.15, 0.2) is 0 Å². The van der Waals surface area contributed by atoms with Crippen molar-refractivity contribution in [3.05, 3.63) is 0 Å². The molecule has 0 rings (SSSR count). The van der Waals surface area contributed by atoms with Crippen LogP contribution in [0.15, 0.2) is 0 Å². The Kier molecular flexibility index (Phi) is 29.1. The van der Waals surface area contributed by atoms with Crippen LogP contribution in [0.4, 0.5) is 0 Å². The molecule has 0 unspecified atom stereocenters. The number of unbranched alkanes of at least 4 members (excludes halogenated alkanes) is 14. The molecule has 0 saturated heterocycles. The highest BCUT2D eigenvalue weighted by Gasteiger charge is 2.12. The highest BCUT2D eigenvalue weighted by atomic mass is 31.2. The van der Waals surface area contributed by atoms with E-state index in [1.165, 1.54) is 89.9 Å². The van der Waals surface area contributed by atoms with E-state index in [2.05, 4.69) is 30.2 Å². The summed E-state index contributed by atoms with van der Waals surface area (Å²) < 4.78 is 14.8. The van der Waals surface area contributed by atoms with E-state index in [0.717, 1.165) is 38.9 Å². The Labute approximate surface area is 199 Å². The summed E-state index contributed by atoms with van der Waals surface area (Å²) in [4.78, 5) is 19.3. The van der Waals surface area contributed by atoms with Gasteiger partial charge in [-0.15, -0.1) is 0 Å². The summed E-state index contributed by atoms with van der Waals surface area (Å²) in [5, 5.41) is 8.79. The first-order valence-corrected chi connectivity index (χ1v) is 15.0. The molecule has 32 heavy (non-hydrogen) atoms. The molecule has 3 N–H and O–H groups in total. The van der Waals surface area contributed by atoms with Gasteiger partial charge in [0.05, 0.1) is 13.2 Å². The van der Waals surface area contributed by atoms with E-state index in [0.29, 0.717) is 6.61 Å². The average Bonchev–Trinajstić information content (AvgIpc) is 2.75. The van der Waals surface area contributed by atoms with E-state index in [-0.39, 0.29) is 6.61 Å². The van der Waals surface area contributed by atoms with Gasteiger partial charge in [0.2, 0.25) is 0 Å². The summed E-state index contributed by atoms with van der Waals surface area (Å²) in [7, 11) is -4.25. The zero-order valence-corrected chi connectivity index (χ0v) is 22.5. The molecule has 0 atom stereocenters. The van der Waals surface area contributed by atoms with Gasteiger partial charge in [-0.1, -0.05) is 111 Å². The van der Waals surface area contributed by atoms with Crippen molar-refractivity contribution in [3.63, 3.8) is 0 Å². The van der Waals surface area contributed by atoms with E-state index in [1.54, 1.807) is 0 Å². The molecule has 0 aliphatic heterocycles. The number of hydrogen-bond donors (Lipinski definition) is 3. The third-order valence-electron chi connectivity index (χ3n) is 5.58. The topological polar surface area (TPSA) is 90.2 Å². The van der Waals surface area contributed by atoms with E-state index in [1.807, 2.05) is 0 Å². The molecular formula is C25H56NO5P. The fraction of sp³-hybridized carbons (Fsp3) is 1.00. The van der Waals surface area contributed by atoms with Gasteiger partial charge in [0, 0.05) is 6.54 Å². The maximum absolute atomic E-state index is 10.4. The van der Waals surface area contributed by atoms with Crippen molar-refractivity contribution >= 4 is 7.82 Å². The molecule has 196 valence electrons. The molecule has 6 nitrogen and oxygen atoms in total. The Morgan fingerprint density at radius 2 is 0.969 bits per heavy atom. The molecular weight excluding hydrogens is 425 g/mol. The Hall–Kier alpha value is 0.0300. The standard InChI is InChI=1S/C15H33O4P.C10H23NO/c1-2-3-4-5-6-7-8-9-10-11-12-13-14-15-19-20(16,17)18;1-3-5-7-11(9-10-12)8-6-4-2/h2-15H2,1H3,(H2,16,17,18);12H,3-10H2,1-2H3. The van der Waals surface area contributed by atoms with Crippen molar-refractivity contribution in [2.45, 2.75) is 130 Å². The maximum Gasteiger partial charge on any atom is 0.469 e. The summed E-state index contributed by atoms with van der Waals surface area (Å²) in [5.74, 6) is 0. The van der Waals surface area contributed by atoms with E-state index >= 15 is 0 Å². The molecule has 0 aromatic heterocycles. The first kappa shape index (κ1) is 34.2. The second-order valence-corrected chi connectivity index (χ2v) is 10.1. The molecule has 0 bridgehead atoms. The molecule has 0 aromatic rings. The monoisotopic (exact) mass is 481 g/mol. The zero-order chi connectivity index (χ0) is 24.3. The van der Waals surface area contributed by atoms with Crippen LogP contribution in [-0.4, -0.2) is 52.6 Å². The highest BCUT2D eigenvalue weighted by molar-refractivity contribution is 7.46. The molecule has 0 aliphatic carbocycles. The van der Waals surface area contributed by atoms with Gasteiger partial charge in [0.25, 0.3) is 0 Å². The van der Waals surface area contributed by atoms with Crippen molar-refractivity contribution in [2.75, 3.05) is 32.8 Å². The maximum atomic E-state index is 10.4. The Morgan fingerprint density at radius 3 is 1.31 bits per heavy atom. The van der Waals surface area contributed by atoms with Gasteiger partial charge in [0.1, 0.15) is 0 Å². The van der Waals surface area contributed by atoms with Crippen molar-refractivity contribution in [1.82, 2.24) is 4.90 Å². The normalized spacial score (nSPS) is 11.6. The average molecular weight is 482 g/mol. The lowest BCUT2D eigenvalue weighted by Crippen LogP contribution is -2.28. The Morgan fingerprint density at radius 1 is 0.594 bits per heavy atom. The van der Waals surface area contributed by atoms with Gasteiger partial charge < -0.3 is 19.8 Å². The molecule has 0 aliphatic rings. The Bertz CT molecular complexity index is 385. The largest absolute Gasteiger partial charge is 0.469 e. The van der Waals surface area contributed by atoms with Crippen LogP contribution in [0, 0.1) is 0 Å². The van der Waals surface area contributed by atoms with Crippen molar-refractivity contribution < 1.29 is 24.0 Å². The molecule has 0 amide bonds. The summed E-state index contributed by atoms with van der Waals surface area (Å²) in [6.45, 7) is 10.3. The molecule has 0 aromatic carbocycles. The minimum atomic E-state index is -4.25. The molecule has 0 heterocycles. The fourth-order valence-electron chi connectivity index (χ4n) is 3.54. The third-order valence-corrected chi connectivity index (χ3v) is 6.10. The molecule has 0 saturated carbocycles. The number of phosphoric acid groups is 1. The lowest BCUT2D eigenvalue weighted by molar-refractivity contribution is 0.192. The summed E-state index contributed by atoms with van der Waals surface area (Å²) in [6, 6.07) is 0. The van der Waals surface area contributed by atoms with Gasteiger partial charge in [-0.3, -0.25) is 4.52 Å². The fourth-order valence-corrected chi connectivity index (χ4v) is 3.91. The number of nitrogens with zero attached hydrogens (tertiary/aromatic N) is 1. The van der Waals surface area contributed by atoms with Crippen LogP contribution in [0.5, 0.6) is 0 Å². The van der Waals surface area contributed by atoms with Crippen LogP contribution in [0.2, 0.25) is 0 Å². The number of aliphatic hydroxyl groups excluding tert-OH is 1. The number of phosphoric ester groups is 1. The van der Waals surface area contributed by atoms with Gasteiger partial charge in [-0.05, 0) is 32.4 Å². The lowest BCUT2D eigenvalue weighted by Gasteiger charge is -2.20. The van der Waals surface area contributed by atoms with Gasteiger partial charge in [-0.25, -0.2) is 4.57 Å². The number of aliphatic hydroxyl groups is 1. The predicted octanol–water partition coefficient (Wildman–Crippen LogP) is 7.07. The lowest BCUT2D eigenvalue weighted by atomic mass is 10.0. The van der Waals surface area contributed by atoms with Crippen LogP contribution < -0.4 is 0 Å². The smallest absolute Gasteiger partial charge is 0.395 e. The second-order valence-electron chi connectivity index (χ2n) is 8.84. The van der Waals surface area contributed by atoms with Crippen LogP contribution in [0.3, 0.4) is 0 Å². The van der Waals surface area contributed by atoms with Crippen LogP contribution in [-0.2, 0) is 9.09 Å². The number of hydrogen-bond acceptors (Lipinski definition) is 4. The quantitative estimate of drug-likeness (QED) is 0.107. The van der Waals surface area contributed by atoms with E-state index in [9.17, 15) is 4.57 Å². The number of rotatable bonds is 23. The van der Waals surface area contributed by atoms with Crippen LogP contribution in [0.1, 0.15) is 130 Å². The highest BCUT2D eigenvalue weighted by Crippen LogP contribution is 2.35. The molecule has 7 heteroatoms. The zero-order valence-electron chi connectivity index (χ0n) is 21.6. The van der Waals surface area contributed by atoms with Gasteiger partial charge in [-0.2, -0.15) is 0 Å². The first-order valence-electron chi connectivity index (χ1n) is 13.4. The van der Waals surface area contributed by atoms with E-state index in [4.69, 9.17) is 14.9 Å². The van der Waals surface area contributed by atoms with Gasteiger partial charge >= 0.3 is 7.82 Å². The predicted molar refractivity (Wildman–Crippen MR) is 137 cm³/mol. The van der Waals surface area contributed by atoms with Crippen LogP contribution >= 0.6 is 7.82 Å². The minimum absolute atomic E-state index is 0.169. The summed E-state index contributed by atoms with van der Waals surface area (Å²) in [5.41, 5.74) is 0. The van der Waals surface area contributed by atoms with Crippen molar-refractivity contribution in [3.8, 4) is 0 Å². The van der Waals surface area contributed by atoms with Crippen LogP contribution in [0.25, 0.3) is 0 Å². The third kappa shape index (κ3) is 32.2. The Balaban J connectivity index is 0. The molecule has 0 spiro atoms. The second kappa shape index (κ2) is 27.3.